The van der Waals surface area contributed by atoms with Crippen molar-refractivity contribution in [1.29, 1.82) is 0 Å². The van der Waals surface area contributed by atoms with Crippen molar-refractivity contribution in [3.8, 4) is 5.88 Å². The second-order valence-corrected chi connectivity index (χ2v) is 9.18. The van der Waals surface area contributed by atoms with Crippen LogP contribution < -0.4 is 4.74 Å². The number of esters is 1. The lowest BCUT2D eigenvalue weighted by atomic mass is 10.0. The first kappa shape index (κ1) is 21.7. The molecule has 1 aromatic heterocycles. The van der Waals surface area contributed by atoms with Crippen molar-refractivity contribution in [1.82, 2.24) is 9.78 Å². The molecule has 0 amide bonds. The smallest absolute Gasteiger partial charge is 0.344 e. The number of carbonyl (C=O) groups is 2. The zero-order valence-electron chi connectivity index (χ0n) is 16.8. The highest BCUT2D eigenvalue weighted by Gasteiger charge is 2.27. The molecule has 0 N–H and O–H groups in total. The van der Waals surface area contributed by atoms with Crippen molar-refractivity contribution in [2.75, 3.05) is 6.26 Å². The van der Waals surface area contributed by atoms with E-state index in [4.69, 9.17) is 16.3 Å². The van der Waals surface area contributed by atoms with Crippen LogP contribution >= 0.6 is 11.6 Å². The molecule has 3 aromatic rings. The minimum absolute atomic E-state index is 0.0233. The third-order valence-corrected chi connectivity index (χ3v) is 6.43. The van der Waals surface area contributed by atoms with Crippen LogP contribution in [0.2, 0.25) is 5.02 Å². The molecule has 0 spiro atoms. The summed E-state index contributed by atoms with van der Waals surface area (Å²) in [6, 6.07) is 9.76. The van der Waals surface area contributed by atoms with E-state index in [0.29, 0.717) is 11.1 Å². The summed E-state index contributed by atoms with van der Waals surface area (Å²) in [4.78, 5) is 25.7. The van der Waals surface area contributed by atoms with Gasteiger partial charge >= 0.3 is 5.97 Å². The molecule has 0 radical (unpaired) electrons. The van der Waals surface area contributed by atoms with Crippen LogP contribution in [-0.2, 0) is 16.9 Å². The van der Waals surface area contributed by atoms with Gasteiger partial charge in [0.05, 0.1) is 21.7 Å². The fourth-order valence-corrected chi connectivity index (χ4v) is 4.84. The zero-order chi connectivity index (χ0) is 22.2. The Morgan fingerprint density at radius 3 is 2.33 bits per heavy atom. The molecule has 0 saturated heterocycles. The summed E-state index contributed by atoms with van der Waals surface area (Å²) in [5.74, 6) is -1.21. The van der Waals surface area contributed by atoms with Crippen LogP contribution in [0.15, 0.2) is 47.5 Å². The highest BCUT2D eigenvalue weighted by molar-refractivity contribution is 7.90. The Morgan fingerprint density at radius 1 is 1.10 bits per heavy atom. The maximum absolute atomic E-state index is 13.2. The van der Waals surface area contributed by atoms with Crippen molar-refractivity contribution < 1.29 is 22.7 Å². The highest BCUT2D eigenvalue weighted by atomic mass is 35.5. The molecule has 2 aromatic carbocycles. The van der Waals surface area contributed by atoms with Crippen LogP contribution in [0.5, 0.6) is 5.88 Å². The largest absolute Gasteiger partial charge is 0.403 e. The first-order chi connectivity index (χ1) is 14.0. The fraction of sp³-hybridized carbons (Fsp3) is 0.190. The molecule has 0 atom stereocenters. The molecule has 0 unspecified atom stereocenters. The Labute approximate surface area is 179 Å². The molecule has 1 heterocycles. The predicted molar refractivity (Wildman–Crippen MR) is 112 cm³/mol. The highest BCUT2D eigenvalue weighted by Crippen LogP contribution is 2.33. The number of aryl methyl sites for hydroxylation is 2. The average molecular weight is 447 g/mol. The number of hydrogen-bond acceptors (Lipinski definition) is 6. The van der Waals surface area contributed by atoms with Gasteiger partial charge in [0, 0.05) is 18.9 Å². The molecular weight excluding hydrogens is 428 g/mol. The molecule has 30 heavy (non-hydrogen) atoms. The van der Waals surface area contributed by atoms with Crippen LogP contribution in [0.3, 0.4) is 0 Å². The van der Waals surface area contributed by atoms with Crippen LogP contribution in [-0.4, -0.2) is 36.2 Å². The standard InChI is InChI=1S/C21H19ClN2O5S/c1-12-10-15(17(22)13(2)19(12)30(4,27)28)18(25)16-11-23-24(3)20(16)29-21(26)14-8-6-5-7-9-14/h5-11H,1-4H3. The number of rotatable bonds is 5. The summed E-state index contributed by atoms with van der Waals surface area (Å²) in [7, 11) is -1.99. The average Bonchev–Trinajstić information content (AvgIpc) is 3.04. The number of hydrogen-bond donors (Lipinski definition) is 0. The van der Waals surface area contributed by atoms with E-state index in [0.717, 1.165) is 6.26 Å². The van der Waals surface area contributed by atoms with Crippen molar-refractivity contribution in [2.24, 2.45) is 7.05 Å². The van der Waals surface area contributed by atoms with E-state index in [1.165, 1.54) is 24.0 Å². The second-order valence-electron chi connectivity index (χ2n) is 6.85. The van der Waals surface area contributed by atoms with Gasteiger partial charge in [0.25, 0.3) is 0 Å². The Morgan fingerprint density at radius 2 is 1.73 bits per heavy atom. The van der Waals surface area contributed by atoms with Crippen molar-refractivity contribution in [2.45, 2.75) is 18.7 Å². The van der Waals surface area contributed by atoms with Crippen molar-refractivity contribution in [3.05, 3.63) is 75.4 Å². The van der Waals surface area contributed by atoms with E-state index in [1.807, 2.05) is 0 Å². The number of nitrogens with zero attached hydrogens (tertiary/aromatic N) is 2. The van der Waals surface area contributed by atoms with Gasteiger partial charge in [0.15, 0.2) is 9.84 Å². The van der Waals surface area contributed by atoms with E-state index in [1.54, 1.807) is 44.2 Å². The molecule has 0 aliphatic carbocycles. The van der Waals surface area contributed by atoms with Crippen LogP contribution in [0.1, 0.15) is 37.4 Å². The zero-order valence-corrected chi connectivity index (χ0v) is 18.3. The third kappa shape index (κ3) is 4.01. The number of ether oxygens (including phenoxy) is 1. The van der Waals surface area contributed by atoms with Crippen LogP contribution in [0.25, 0.3) is 0 Å². The van der Waals surface area contributed by atoms with Gasteiger partial charge < -0.3 is 4.74 Å². The molecular formula is C21H19ClN2O5S. The number of aromatic nitrogens is 2. The van der Waals surface area contributed by atoms with Gasteiger partial charge in [-0.1, -0.05) is 29.8 Å². The third-order valence-electron chi connectivity index (χ3n) is 4.57. The molecule has 9 heteroatoms. The summed E-state index contributed by atoms with van der Waals surface area (Å²) < 4.78 is 30.8. The maximum atomic E-state index is 13.2. The van der Waals surface area contributed by atoms with Gasteiger partial charge in [-0.3, -0.25) is 4.79 Å². The van der Waals surface area contributed by atoms with E-state index >= 15 is 0 Å². The lowest BCUT2D eigenvalue weighted by Gasteiger charge is -2.14. The molecule has 3 rings (SSSR count). The van der Waals surface area contributed by atoms with E-state index in [2.05, 4.69) is 5.10 Å². The topological polar surface area (TPSA) is 95.3 Å². The molecule has 0 fully saturated rings. The fourth-order valence-electron chi connectivity index (χ4n) is 3.25. The summed E-state index contributed by atoms with van der Waals surface area (Å²) in [5.41, 5.74) is 1.14. The number of halogens is 1. The van der Waals surface area contributed by atoms with E-state index < -0.39 is 21.6 Å². The molecule has 7 nitrogen and oxygen atoms in total. The maximum Gasteiger partial charge on any atom is 0.344 e. The Balaban J connectivity index is 2.05. The van der Waals surface area contributed by atoms with Gasteiger partial charge in [-0.15, -0.1) is 0 Å². The van der Waals surface area contributed by atoms with Crippen LogP contribution in [0, 0.1) is 13.8 Å². The summed E-state index contributed by atoms with van der Waals surface area (Å²) in [5, 5.41) is 4.04. The molecule has 0 aliphatic heterocycles. The first-order valence-corrected chi connectivity index (χ1v) is 11.1. The monoisotopic (exact) mass is 446 g/mol. The quantitative estimate of drug-likeness (QED) is 0.439. The van der Waals surface area contributed by atoms with Gasteiger partial charge in [0.2, 0.25) is 11.7 Å². The van der Waals surface area contributed by atoms with Crippen molar-refractivity contribution in [3.63, 3.8) is 0 Å². The number of ketones is 1. The molecule has 0 saturated carbocycles. The summed E-state index contributed by atoms with van der Waals surface area (Å²) in [6.07, 6.45) is 2.36. The van der Waals surface area contributed by atoms with Crippen molar-refractivity contribution >= 4 is 33.2 Å². The van der Waals surface area contributed by atoms with E-state index in [9.17, 15) is 18.0 Å². The van der Waals surface area contributed by atoms with Crippen LogP contribution in [0.4, 0.5) is 0 Å². The first-order valence-electron chi connectivity index (χ1n) is 8.86. The summed E-state index contributed by atoms with van der Waals surface area (Å²) in [6.45, 7) is 3.14. The Bertz CT molecular complexity index is 1260. The lowest BCUT2D eigenvalue weighted by molar-refractivity contribution is 0.0718. The predicted octanol–water partition coefficient (Wildman–Crippen LogP) is 3.54. The summed E-state index contributed by atoms with van der Waals surface area (Å²) >= 11 is 6.36. The number of benzene rings is 2. The second kappa shape index (κ2) is 8.04. The van der Waals surface area contributed by atoms with E-state index in [-0.39, 0.29) is 32.5 Å². The molecule has 0 bridgehead atoms. The van der Waals surface area contributed by atoms with Gasteiger partial charge in [-0.2, -0.15) is 5.10 Å². The van der Waals surface area contributed by atoms with Gasteiger partial charge in [-0.25, -0.2) is 17.9 Å². The normalized spacial score (nSPS) is 11.4. The van der Waals surface area contributed by atoms with Gasteiger partial charge in [0.1, 0.15) is 5.56 Å². The lowest BCUT2D eigenvalue weighted by Crippen LogP contribution is -2.14. The molecule has 156 valence electrons. The minimum Gasteiger partial charge on any atom is -0.403 e. The Hall–Kier alpha value is -2.97. The van der Waals surface area contributed by atoms with Gasteiger partial charge in [-0.05, 0) is 43.2 Å². The number of carbonyl (C=O) groups excluding carboxylic acids is 2. The number of sulfone groups is 1. The molecule has 0 aliphatic rings. The Kier molecular flexibility index (Phi) is 5.83. The minimum atomic E-state index is -3.53. The SMILES string of the molecule is Cc1cc(C(=O)c2cnn(C)c2OC(=O)c2ccccc2)c(Cl)c(C)c1S(C)(=O)=O.